The van der Waals surface area contributed by atoms with Gasteiger partial charge in [0, 0.05) is 6.92 Å². The van der Waals surface area contributed by atoms with Gasteiger partial charge in [-0.3, -0.25) is 4.79 Å². The van der Waals surface area contributed by atoms with Gasteiger partial charge in [-0.2, -0.15) is 0 Å². The van der Waals surface area contributed by atoms with Crippen LogP contribution in [0.25, 0.3) is 0 Å². The lowest BCUT2D eigenvalue weighted by molar-refractivity contribution is -0.279. The summed E-state index contributed by atoms with van der Waals surface area (Å²) in [4.78, 5) is 22.4. The Bertz CT molecular complexity index is 596. The van der Waals surface area contributed by atoms with Crippen LogP contribution in [-0.4, -0.2) is 71.1 Å². The van der Waals surface area contributed by atoms with Crippen LogP contribution in [0, 0.1) is 0 Å². The monoisotopic (exact) mass is 369 g/mol. The van der Waals surface area contributed by atoms with Crippen molar-refractivity contribution in [2.24, 2.45) is 0 Å². The topological polar surface area (TPSA) is 135 Å². The third-order valence-electron chi connectivity index (χ3n) is 3.88. The Kier molecular flexibility index (Phi) is 7.49. The lowest BCUT2D eigenvalue weighted by Gasteiger charge is -2.43. The molecular formula is C17H23NO8. The predicted octanol–water partition coefficient (Wildman–Crippen LogP) is -0.744. The number of aliphatic carboxylic acids is 1. The van der Waals surface area contributed by atoms with Crippen LogP contribution in [0.1, 0.15) is 12.5 Å². The van der Waals surface area contributed by atoms with E-state index in [-0.39, 0.29) is 6.61 Å². The fraction of sp³-hybridized carbons (Fsp3) is 0.529. The summed E-state index contributed by atoms with van der Waals surface area (Å²) in [5.74, 6) is -1.65. The molecule has 9 nitrogen and oxygen atoms in total. The van der Waals surface area contributed by atoms with Crippen molar-refractivity contribution in [2.45, 2.75) is 44.2 Å². The van der Waals surface area contributed by atoms with E-state index < -0.39 is 55.7 Å². The number of aliphatic hydroxyl groups is 2. The van der Waals surface area contributed by atoms with E-state index in [1.165, 1.54) is 6.92 Å². The molecule has 1 aromatic carbocycles. The van der Waals surface area contributed by atoms with Crippen molar-refractivity contribution >= 4 is 11.9 Å². The summed E-state index contributed by atoms with van der Waals surface area (Å²) in [6.07, 6.45) is -4.55. The van der Waals surface area contributed by atoms with Crippen LogP contribution in [0.2, 0.25) is 0 Å². The average Bonchev–Trinajstić information content (AvgIpc) is 2.61. The van der Waals surface area contributed by atoms with Gasteiger partial charge in [0.25, 0.3) is 0 Å². The molecule has 1 aliphatic rings. The van der Waals surface area contributed by atoms with E-state index in [9.17, 15) is 19.8 Å². The molecule has 9 heteroatoms. The molecule has 1 aliphatic heterocycles. The molecule has 1 aromatic rings. The van der Waals surface area contributed by atoms with E-state index >= 15 is 0 Å². The molecule has 2 unspecified atom stereocenters. The molecule has 0 saturated carbocycles. The van der Waals surface area contributed by atoms with Gasteiger partial charge in [-0.05, 0) is 5.56 Å². The van der Waals surface area contributed by atoms with Crippen LogP contribution in [0.3, 0.4) is 0 Å². The van der Waals surface area contributed by atoms with Crippen LogP contribution in [0.4, 0.5) is 0 Å². The summed E-state index contributed by atoms with van der Waals surface area (Å²) in [5.41, 5.74) is 0.854. The largest absolute Gasteiger partial charge is 0.480 e. The van der Waals surface area contributed by atoms with E-state index in [1.807, 2.05) is 30.3 Å². The molecule has 0 radical (unpaired) electrons. The molecule has 0 spiro atoms. The smallest absolute Gasteiger partial charge is 0.329 e. The van der Waals surface area contributed by atoms with Crippen molar-refractivity contribution in [3.63, 3.8) is 0 Å². The molecule has 1 fully saturated rings. The van der Waals surface area contributed by atoms with Crippen LogP contribution < -0.4 is 5.32 Å². The first-order valence-corrected chi connectivity index (χ1v) is 8.12. The van der Waals surface area contributed by atoms with Gasteiger partial charge in [0.15, 0.2) is 6.29 Å². The summed E-state index contributed by atoms with van der Waals surface area (Å²) < 4.78 is 16.5. The van der Waals surface area contributed by atoms with Gasteiger partial charge in [0.2, 0.25) is 5.91 Å². The molecule has 2 rings (SSSR count). The third-order valence-corrected chi connectivity index (χ3v) is 3.88. The minimum absolute atomic E-state index is 0.154. The Morgan fingerprint density at radius 2 is 1.92 bits per heavy atom. The quantitative estimate of drug-likeness (QED) is 0.470. The fourth-order valence-electron chi connectivity index (χ4n) is 2.72. The van der Waals surface area contributed by atoms with Gasteiger partial charge in [0.05, 0.1) is 13.2 Å². The van der Waals surface area contributed by atoms with Crippen molar-refractivity contribution < 1.29 is 39.1 Å². The third kappa shape index (κ3) is 5.48. The lowest BCUT2D eigenvalue weighted by Crippen LogP contribution is -2.65. The van der Waals surface area contributed by atoms with Crippen molar-refractivity contribution in [3.8, 4) is 0 Å². The molecule has 1 heterocycles. The van der Waals surface area contributed by atoms with Crippen molar-refractivity contribution in [1.82, 2.24) is 5.32 Å². The average molecular weight is 369 g/mol. The molecule has 1 saturated heterocycles. The first-order valence-electron chi connectivity index (χ1n) is 8.12. The second-order valence-corrected chi connectivity index (χ2v) is 5.91. The van der Waals surface area contributed by atoms with Gasteiger partial charge in [-0.15, -0.1) is 0 Å². The number of carboxylic acid groups (broad SMARTS) is 1. The van der Waals surface area contributed by atoms with Gasteiger partial charge >= 0.3 is 5.97 Å². The van der Waals surface area contributed by atoms with Crippen LogP contribution in [0.5, 0.6) is 0 Å². The second kappa shape index (κ2) is 9.60. The summed E-state index contributed by atoms with van der Waals surface area (Å²) in [6.45, 7) is 0.224. The number of hydrogen-bond donors (Lipinski definition) is 4. The van der Waals surface area contributed by atoms with E-state index in [0.29, 0.717) is 0 Å². The van der Waals surface area contributed by atoms with Gasteiger partial charge < -0.3 is 34.8 Å². The second-order valence-electron chi connectivity index (χ2n) is 5.91. The Morgan fingerprint density at radius 1 is 1.23 bits per heavy atom. The Balaban J connectivity index is 2.17. The number of rotatable bonds is 8. The maximum Gasteiger partial charge on any atom is 0.329 e. The molecule has 0 aliphatic carbocycles. The normalized spacial score (nSPS) is 28.5. The number of carboxylic acids is 1. The molecule has 4 N–H and O–H groups in total. The SMILES string of the molecule is CC(=O)N[C@H]1C(OCC(=O)O)[C@H](O)C(CO)O[C@H]1OCc1ccccc1. The highest BCUT2D eigenvalue weighted by atomic mass is 16.7. The molecule has 0 aromatic heterocycles. The minimum Gasteiger partial charge on any atom is -0.480 e. The highest BCUT2D eigenvalue weighted by Crippen LogP contribution is 2.25. The van der Waals surface area contributed by atoms with E-state index in [4.69, 9.17) is 19.3 Å². The van der Waals surface area contributed by atoms with Crippen LogP contribution in [0.15, 0.2) is 30.3 Å². The van der Waals surface area contributed by atoms with Crippen LogP contribution >= 0.6 is 0 Å². The minimum atomic E-state index is -1.34. The van der Waals surface area contributed by atoms with Crippen molar-refractivity contribution in [1.29, 1.82) is 0 Å². The van der Waals surface area contributed by atoms with E-state index in [0.717, 1.165) is 5.56 Å². The summed E-state index contributed by atoms with van der Waals surface area (Å²) >= 11 is 0. The van der Waals surface area contributed by atoms with Gasteiger partial charge in [-0.1, -0.05) is 30.3 Å². The van der Waals surface area contributed by atoms with Crippen molar-refractivity contribution in [2.75, 3.05) is 13.2 Å². The standard InChI is InChI=1S/C17H23NO8/c1-10(20)18-14-16(24-9-13(21)22)15(23)12(7-19)26-17(14)25-8-11-5-3-2-4-6-11/h2-6,12,14-17,19,23H,7-9H2,1H3,(H,18,20)(H,21,22)/t12?,14-,15+,16?,17+/m0/s1. The molecule has 26 heavy (non-hydrogen) atoms. The number of carbonyl (C=O) groups excluding carboxylic acids is 1. The van der Waals surface area contributed by atoms with Gasteiger partial charge in [-0.25, -0.2) is 4.79 Å². The molecule has 144 valence electrons. The molecular weight excluding hydrogens is 346 g/mol. The zero-order chi connectivity index (χ0) is 19.1. The summed E-state index contributed by atoms with van der Waals surface area (Å²) in [6, 6.07) is 8.26. The first-order chi connectivity index (χ1) is 12.4. The Morgan fingerprint density at radius 3 is 2.50 bits per heavy atom. The number of hydrogen-bond acceptors (Lipinski definition) is 7. The summed E-state index contributed by atoms with van der Waals surface area (Å²) in [7, 11) is 0. The molecule has 1 amide bonds. The number of benzene rings is 1. The zero-order valence-electron chi connectivity index (χ0n) is 14.3. The maximum atomic E-state index is 11.5. The van der Waals surface area contributed by atoms with Crippen molar-refractivity contribution in [3.05, 3.63) is 35.9 Å². The number of ether oxygens (including phenoxy) is 3. The number of nitrogens with one attached hydrogen (secondary N) is 1. The summed E-state index contributed by atoms with van der Waals surface area (Å²) in [5, 5.41) is 31.1. The van der Waals surface area contributed by atoms with Crippen LogP contribution in [-0.2, 0) is 30.4 Å². The molecule has 0 bridgehead atoms. The number of aliphatic hydroxyl groups excluding tert-OH is 2. The van der Waals surface area contributed by atoms with E-state index in [2.05, 4.69) is 5.32 Å². The molecule has 5 atom stereocenters. The number of amides is 1. The maximum absolute atomic E-state index is 11.5. The fourth-order valence-corrected chi connectivity index (χ4v) is 2.72. The highest BCUT2D eigenvalue weighted by molar-refractivity contribution is 5.73. The predicted molar refractivity (Wildman–Crippen MR) is 88.0 cm³/mol. The lowest BCUT2D eigenvalue weighted by atomic mass is 9.96. The Labute approximate surface area is 150 Å². The highest BCUT2D eigenvalue weighted by Gasteiger charge is 2.47. The Hall–Kier alpha value is -2.04. The number of carbonyl (C=O) groups is 2. The first kappa shape index (κ1) is 20.3. The van der Waals surface area contributed by atoms with E-state index in [1.54, 1.807) is 0 Å². The van der Waals surface area contributed by atoms with Gasteiger partial charge in [0.1, 0.15) is 31.0 Å². The zero-order valence-corrected chi connectivity index (χ0v) is 14.3.